The molecule has 0 unspecified atom stereocenters. The third-order valence-corrected chi connectivity index (χ3v) is 3.01. The molecule has 3 rings (SSSR count). The Hall–Kier alpha value is -2.23. The molecule has 0 spiro atoms. The Morgan fingerprint density at radius 3 is 2.72 bits per heavy atom. The first-order valence-corrected chi connectivity index (χ1v) is 5.78. The van der Waals surface area contributed by atoms with Crippen molar-refractivity contribution < 1.29 is 9.15 Å². The smallest absolute Gasteiger partial charge is 0.192 e. The number of hydrogen-bond acceptors (Lipinski definition) is 3. The topological polar surface area (TPSA) is 39.7 Å². The van der Waals surface area contributed by atoms with Gasteiger partial charge in [0.1, 0.15) is 5.75 Å². The number of oxazole rings is 1. The zero-order valence-corrected chi connectivity index (χ0v) is 10.6. The fraction of sp³-hybridized carbons (Fsp3) is 0.214. The van der Waals surface area contributed by atoms with Crippen molar-refractivity contribution in [1.82, 2.24) is 9.38 Å². The van der Waals surface area contributed by atoms with Crippen molar-refractivity contribution in [3.05, 3.63) is 42.2 Å². The molecule has 0 aliphatic rings. The summed E-state index contributed by atoms with van der Waals surface area (Å²) in [6.07, 6.45) is 3.93. The van der Waals surface area contributed by atoms with Gasteiger partial charge >= 0.3 is 0 Å². The van der Waals surface area contributed by atoms with Gasteiger partial charge in [0, 0.05) is 18.7 Å². The Balaban J connectivity index is 2.21. The maximum absolute atomic E-state index is 5.67. The van der Waals surface area contributed by atoms with E-state index in [9.17, 15) is 0 Å². The van der Waals surface area contributed by atoms with Gasteiger partial charge in [0.25, 0.3) is 0 Å². The van der Waals surface area contributed by atoms with E-state index in [4.69, 9.17) is 9.15 Å². The molecule has 3 aromatic heterocycles. The minimum atomic E-state index is 0.690. The molecule has 0 aromatic carbocycles. The van der Waals surface area contributed by atoms with Gasteiger partial charge in [-0.15, -0.1) is 0 Å². The number of hydrogen-bond donors (Lipinski definition) is 0. The molecule has 0 saturated heterocycles. The van der Waals surface area contributed by atoms with Gasteiger partial charge in [0.2, 0.25) is 0 Å². The average Bonchev–Trinajstić information content (AvgIpc) is 2.91. The van der Waals surface area contributed by atoms with Crippen molar-refractivity contribution in [3.8, 4) is 17.1 Å². The molecule has 0 aliphatic carbocycles. The van der Waals surface area contributed by atoms with Crippen molar-refractivity contribution in [1.29, 1.82) is 0 Å². The number of fused-ring (bicyclic) bond motifs is 1. The number of aromatic nitrogens is 2. The van der Waals surface area contributed by atoms with Crippen LogP contribution in [0.15, 0.2) is 35.0 Å². The van der Waals surface area contributed by atoms with Crippen LogP contribution in [0.1, 0.15) is 11.6 Å². The van der Waals surface area contributed by atoms with Crippen LogP contribution in [0.25, 0.3) is 16.8 Å². The van der Waals surface area contributed by atoms with E-state index in [0.29, 0.717) is 5.89 Å². The highest BCUT2D eigenvalue weighted by atomic mass is 16.5. The lowest BCUT2D eigenvalue weighted by atomic mass is 10.2. The number of pyridine rings is 1. The lowest BCUT2D eigenvalue weighted by Gasteiger charge is -2.02. The molecule has 18 heavy (non-hydrogen) atoms. The van der Waals surface area contributed by atoms with Gasteiger partial charge in [0.05, 0.1) is 24.5 Å². The van der Waals surface area contributed by atoms with E-state index in [1.54, 1.807) is 7.11 Å². The molecule has 0 N–H and O–H groups in total. The van der Waals surface area contributed by atoms with Crippen LogP contribution in [0.5, 0.6) is 5.75 Å². The summed E-state index contributed by atoms with van der Waals surface area (Å²) >= 11 is 0. The van der Waals surface area contributed by atoms with Gasteiger partial charge in [-0.3, -0.25) is 0 Å². The van der Waals surface area contributed by atoms with Crippen molar-refractivity contribution in [2.24, 2.45) is 0 Å². The van der Waals surface area contributed by atoms with Gasteiger partial charge in [-0.1, -0.05) is 0 Å². The second-order valence-corrected chi connectivity index (χ2v) is 4.24. The lowest BCUT2D eigenvalue weighted by molar-refractivity contribution is 0.412. The highest BCUT2D eigenvalue weighted by Crippen LogP contribution is 2.30. The molecule has 92 valence electrons. The van der Waals surface area contributed by atoms with Gasteiger partial charge in [-0.05, 0) is 25.1 Å². The molecule has 0 aliphatic heterocycles. The summed E-state index contributed by atoms with van der Waals surface area (Å²) in [6.45, 7) is 3.82. The Morgan fingerprint density at radius 1 is 1.22 bits per heavy atom. The van der Waals surface area contributed by atoms with Crippen LogP contribution in [0.2, 0.25) is 0 Å². The van der Waals surface area contributed by atoms with E-state index in [0.717, 1.165) is 28.3 Å². The standard InChI is InChI=1S/C14H14N2O2/c1-9-14(18-10(2)15-9)12-6-7-16-8-11(17-3)4-5-13(12)16/h4-8H,1-3H3. The van der Waals surface area contributed by atoms with E-state index >= 15 is 0 Å². The highest BCUT2D eigenvalue weighted by molar-refractivity contribution is 5.79. The molecule has 4 heteroatoms. The Kier molecular flexibility index (Phi) is 2.37. The van der Waals surface area contributed by atoms with Gasteiger partial charge in [-0.25, -0.2) is 4.98 Å². The number of aryl methyl sites for hydroxylation is 2. The van der Waals surface area contributed by atoms with Crippen LogP contribution in [0, 0.1) is 13.8 Å². The monoisotopic (exact) mass is 242 g/mol. The van der Waals surface area contributed by atoms with Gasteiger partial charge < -0.3 is 13.6 Å². The Morgan fingerprint density at radius 2 is 2.06 bits per heavy atom. The minimum Gasteiger partial charge on any atom is -0.495 e. The number of rotatable bonds is 2. The summed E-state index contributed by atoms with van der Waals surface area (Å²) in [7, 11) is 1.66. The van der Waals surface area contributed by atoms with Crippen molar-refractivity contribution in [2.75, 3.05) is 7.11 Å². The predicted molar refractivity (Wildman–Crippen MR) is 68.9 cm³/mol. The van der Waals surface area contributed by atoms with E-state index in [-0.39, 0.29) is 0 Å². The molecule has 3 aromatic rings. The SMILES string of the molecule is COc1ccc2c(-c3oc(C)nc3C)ccn2c1. The lowest BCUT2D eigenvalue weighted by Crippen LogP contribution is -1.87. The van der Waals surface area contributed by atoms with Crippen LogP contribution in [-0.2, 0) is 0 Å². The molecule has 0 fully saturated rings. The third kappa shape index (κ3) is 1.57. The summed E-state index contributed by atoms with van der Waals surface area (Å²) < 4.78 is 12.9. The second-order valence-electron chi connectivity index (χ2n) is 4.24. The largest absolute Gasteiger partial charge is 0.495 e. The summed E-state index contributed by atoms with van der Waals surface area (Å²) in [6, 6.07) is 5.99. The van der Waals surface area contributed by atoms with E-state index < -0.39 is 0 Å². The molecule has 0 radical (unpaired) electrons. The van der Waals surface area contributed by atoms with Gasteiger partial charge in [0.15, 0.2) is 11.7 Å². The number of ether oxygens (including phenoxy) is 1. The van der Waals surface area contributed by atoms with E-state index in [2.05, 4.69) is 4.98 Å². The van der Waals surface area contributed by atoms with Gasteiger partial charge in [-0.2, -0.15) is 0 Å². The van der Waals surface area contributed by atoms with Crippen molar-refractivity contribution in [3.63, 3.8) is 0 Å². The summed E-state index contributed by atoms with van der Waals surface area (Å²) in [5, 5.41) is 0. The zero-order chi connectivity index (χ0) is 12.7. The number of nitrogens with zero attached hydrogens (tertiary/aromatic N) is 2. The summed E-state index contributed by atoms with van der Waals surface area (Å²) in [4.78, 5) is 4.31. The maximum atomic E-state index is 5.67. The Bertz CT molecular complexity index is 710. The number of methoxy groups -OCH3 is 1. The highest BCUT2D eigenvalue weighted by Gasteiger charge is 2.13. The van der Waals surface area contributed by atoms with Crippen LogP contribution in [-0.4, -0.2) is 16.5 Å². The average molecular weight is 242 g/mol. The molecule has 0 bridgehead atoms. The van der Waals surface area contributed by atoms with Crippen molar-refractivity contribution >= 4 is 5.52 Å². The molecule has 4 nitrogen and oxygen atoms in total. The molecule has 0 atom stereocenters. The molecular weight excluding hydrogens is 228 g/mol. The summed E-state index contributed by atoms with van der Waals surface area (Å²) in [5.74, 6) is 2.35. The summed E-state index contributed by atoms with van der Waals surface area (Å²) in [5.41, 5.74) is 3.04. The third-order valence-electron chi connectivity index (χ3n) is 3.01. The van der Waals surface area contributed by atoms with Crippen LogP contribution >= 0.6 is 0 Å². The fourth-order valence-electron chi connectivity index (χ4n) is 2.18. The normalized spacial score (nSPS) is 11.1. The zero-order valence-electron chi connectivity index (χ0n) is 10.6. The molecule has 0 saturated carbocycles. The molecule has 0 amide bonds. The van der Waals surface area contributed by atoms with Crippen LogP contribution < -0.4 is 4.74 Å². The van der Waals surface area contributed by atoms with Crippen LogP contribution in [0.4, 0.5) is 0 Å². The fourth-order valence-corrected chi connectivity index (χ4v) is 2.18. The molecular formula is C14H14N2O2. The molecule has 3 heterocycles. The Labute approximate surface area is 105 Å². The second kappa shape index (κ2) is 3.91. The van der Waals surface area contributed by atoms with Crippen molar-refractivity contribution in [2.45, 2.75) is 13.8 Å². The van der Waals surface area contributed by atoms with E-state index in [1.807, 2.05) is 48.8 Å². The maximum Gasteiger partial charge on any atom is 0.192 e. The van der Waals surface area contributed by atoms with Crippen LogP contribution in [0.3, 0.4) is 0 Å². The minimum absolute atomic E-state index is 0.690. The first-order chi connectivity index (χ1) is 8.69. The first-order valence-electron chi connectivity index (χ1n) is 5.78. The van der Waals surface area contributed by atoms with E-state index in [1.165, 1.54) is 0 Å². The predicted octanol–water partition coefficient (Wildman–Crippen LogP) is 3.22. The quantitative estimate of drug-likeness (QED) is 0.692. The first kappa shape index (κ1) is 10.9.